The van der Waals surface area contributed by atoms with Gasteiger partial charge >= 0.3 is 5.97 Å². The third-order valence-corrected chi connectivity index (χ3v) is 3.10. The van der Waals surface area contributed by atoms with Gasteiger partial charge in [-0.3, -0.25) is 14.4 Å². The van der Waals surface area contributed by atoms with Crippen molar-refractivity contribution >= 4 is 17.8 Å². The van der Waals surface area contributed by atoms with Gasteiger partial charge in [-0.25, -0.2) is 0 Å². The van der Waals surface area contributed by atoms with Crippen LogP contribution in [0.15, 0.2) is 0 Å². The lowest BCUT2D eigenvalue weighted by molar-refractivity contribution is -0.146. The monoisotopic (exact) mass is 286 g/mol. The highest BCUT2D eigenvalue weighted by Gasteiger charge is 2.24. The Balaban J connectivity index is 2.28. The summed E-state index contributed by atoms with van der Waals surface area (Å²) in [6.07, 6.45) is 0.264. The Morgan fingerprint density at radius 3 is 2.00 bits per heavy atom. The van der Waals surface area contributed by atoms with Gasteiger partial charge in [-0.2, -0.15) is 0 Å². The van der Waals surface area contributed by atoms with Crippen LogP contribution in [0, 0.1) is 0 Å². The van der Waals surface area contributed by atoms with E-state index in [4.69, 9.17) is 9.47 Å². The number of ether oxygens (including phenoxy) is 2. The summed E-state index contributed by atoms with van der Waals surface area (Å²) in [6, 6.07) is 0. The predicted molar refractivity (Wildman–Crippen MR) is 70.9 cm³/mol. The second kappa shape index (κ2) is 8.52. The van der Waals surface area contributed by atoms with E-state index in [2.05, 4.69) is 0 Å². The van der Waals surface area contributed by atoms with E-state index in [1.54, 1.807) is 16.7 Å². The number of rotatable bonds is 6. The molecule has 0 saturated carbocycles. The Morgan fingerprint density at radius 1 is 0.950 bits per heavy atom. The molecule has 1 rings (SSSR count). The quantitative estimate of drug-likeness (QED) is 0.624. The summed E-state index contributed by atoms with van der Waals surface area (Å²) in [5.74, 6) is -0.488. The van der Waals surface area contributed by atoms with E-state index in [-0.39, 0.29) is 37.2 Å². The molecule has 7 nitrogen and oxygen atoms in total. The first-order chi connectivity index (χ1) is 9.58. The summed E-state index contributed by atoms with van der Waals surface area (Å²) in [6.45, 7) is 4.13. The molecule has 0 aromatic heterocycles. The summed E-state index contributed by atoms with van der Waals surface area (Å²) >= 11 is 0. The minimum atomic E-state index is -0.352. The van der Waals surface area contributed by atoms with E-state index in [1.807, 2.05) is 0 Å². The van der Waals surface area contributed by atoms with Gasteiger partial charge in [-0.05, 0) is 6.92 Å². The summed E-state index contributed by atoms with van der Waals surface area (Å²) in [5.41, 5.74) is 0. The molecule has 0 unspecified atom stereocenters. The largest absolute Gasteiger partial charge is 0.466 e. The van der Waals surface area contributed by atoms with E-state index < -0.39 is 0 Å². The van der Waals surface area contributed by atoms with E-state index in [0.29, 0.717) is 32.8 Å². The number of hydrogen-bond acceptors (Lipinski definition) is 5. The molecule has 1 aliphatic heterocycles. The van der Waals surface area contributed by atoms with Crippen LogP contribution in [0.5, 0.6) is 0 Å². The first kappa shape index (κ1) is 16.4. The maximum Gasteiger partial charge on any atom is 0.306 e. The average Bonchev–Trinajstić information content (AvgIpc) is 2.45. The number of amides is 2. The number of methoxy groups -OCH3 is 1. The number of hydrogen-bond donors (Lipinski definition) is 0. The number of nitrogens with zero attached hydrogens (tertiary/aromatic N) is 2. The molecule has 0 spiro atoms. The lowest BCUT2D eigenvalue weighted by Gasteiger charge is -2.34. The van der Waals surface area contributed by atoms with Crippen LogP contribution < -0.4 is 0 Å². The van der Waals surface area contributed by atoms with Gasteiger partial charge in [0.25, 0.3) is 0 Å². The van der Waals surface area contributed by atoms with Crippen molar-refractivity contribution in [1.82, 2.24) is 9.80 Å². The van der Waals surface area contributed by atoms with Crippen molar-refractivity contribution in [2.45, 2.75) is 19.8 Å². The van der Waals surface area contributed by atoms with Crippen LogP contribution in [0.2, 0.25) is 0 Å². The van der Waals surface area contributed by atoms with Gasteiger partial charge in [0.2, 0.25) is 11.8 Å². The highest BCUT2D eigenvalue weighted by atomic mass is 16.5. The second-order valence-corrected chi connectivity index (χ2v) is 4.50. The standard InChI is InChI=1S/C13H22N2O5/c1-3-20-13(18)5-4-11(16)14-6-8-15(9-7-14)12(17)10-19-2/h3-10H2,1-2H3. The Labute approximate surface area is 118 Å². The van der Waals surface area contributed by atoms with Gasteiger partial charge in [0.15, 0.2) is 0 Å². The SMILES string of the molecule is CCOC(=O)CCC(=O)N1CCN(C(=O)COC)CC1. The minimum Gasteiger partial charge on any atom is -0.466 e. The van der Waals surface area contributed by atoms with Crippen LogP contribution in [0.3, 0.4) is 0 Å². The molecule has 1 fully saturated rings. The molecule has 0 N–H and O–H groups in total. The first-order valence-electron chi connectivity index (χ1n) is 6.78. The van der Waals surface area contributed by atoms with Crippen LogP contribution in [0.25, 0.3) is 0 Å². The summed E-state index contributed by atoms with van der Waals surface area (Å²) in [4.78, 5) is 38.0. The normalized spacial score (nSPS) is 15.1. The molecule has 20 heavy (non-hydrogen) atoms. The molecule has 2 amide bonds. The summed E-state index contributed by atoms with van der Waals surface area (Å²) < 4.78 is 9.57. The molecule has 114 valence electrons. The first-order valence-corrected chi connectivity index (χ1v) is 6.78. The van der Waals surface area contributed by atoms with Gasteiger partial charge in [0.05, 0.1) is 13.0 Å². The molecule has 1 aliphatic rings. The minimum absolute atomic E-state index is 0.0638. The van der Waals surface area contributed by atoms with Crippen molar-refractivity contribution in [3.8, 4) is 0 Å². The molecule has 0 aromatic carbocycles. The van der Waals surface area contributed by atoms with Crippen LogP contribution in [0.1, 0.15) is 19.8 Å². The number of esters is 1. The van der Waals surface area contributed by atoms with Crippen LogP contribution in [0.4, 0.5) is 0 Å². The molecule has 1 saturated heterocycles. The molecule has 0 atom stereocenters. The van der Waals surface area contributed by atoms with Crippen molar-refractivity contribution in [3.05, 3.63) is 0 Å². The zero-order chi connectivity index (χ0) is 15.0. The molecular weight excluding hydrogens is 264 g/mol. The lowest BCUT2D eigenvalue weighted by Crippen LogP contribution is -2.51. The zero-order valence-electron chi connectivity index (χ0n) is 12.1. The Hall–Kier alpha value is -1.63. The van der Waals surface area contributed by atoms with Gasteiger partial charge in [0.1, 0.15) is 6.61 Å². The Kier molecular flexibility index (Phi) is 7.00. The maximum atomic E-state index is 11.9. The molecular formula is C13H22N2O5. The highest BCUT2D eigenvalue weighted by molar-refractivity contribution is 5.82. The van der Waals surface area contributed by atoms with Crippen LogP contribution >= 0.6 is 0 Å². The fraction of sp³-hybridized carbons (Fsp3) is 0.769. The van der Waals surface area contributed by atoms with Gasteiger partial charge in [-0.1, -0.05) is 0 Å². The zero-order valence-corrected chi connectivity index (χ0v) is 12.1. The number of carbonyl (C=O) groups excluding carboxylic acids is 3. The van der Waals surface area contributed by atoms with E-state index >= 15 is 0 Å². The van der Waals surface area contributed by atoms with Gasteiger partial charge in [0, 0.05) is 39.7 Å². The van der Waals surface area contributed by atoms with Gasteiger partial charge in [-0.15, -0.1) is 0 Å². The number of piperazine rings is 1. The Bertz CT molecular complexity index is 351. The Morgan fingerprint density at radius 2 is 1.50 bits per heavy atom. The molecule has 0 radical (unpaired) electrons. The summed E-state index contributed by atoms with van der Waals surface area (Å²) in [7, 11) is 1.48. The van der Waals surface area contributed by atoms with E-state index in [0.717, 1.165) is 0 Å². The van der Waals surface area contributed by atoms with Crippen molar-refractivity contribution < 1.29 is 23.9 Å². The predicted octanol–water partition coefficient (Wildman–Crippen LogP) is -0.353. The fourth-order valence-electron chi connectivity index (χ4n) is 2.02. The highest BCUT2D eigenvalue weighted by Crippen LogP contribution is 2.06. The third kappa shape index (κ3) is 5.16. The van der Waals surface area contributed by atoms with Crippen LogP contribution in [-0.2, 0) is 23.9 Å². The van der Waals surface area contributed by atoms with Crippen molar-refractivity contribution in [2.75, 3.05) is 46.5 Å². The number of carbonyl (C=O) groups is 3. The molecule has 0 bridgehead atoms. The topological polar surface area (TPSA) is 76.2 Å². The van der Waals surface area contributed by atoms with Crippen LogP contribution in [-0.4, -0.2) is 74.1 Å². The summed E-state index contributed by atoms with van der Waals surface area (Å²) in [5, 5.41) is 0. The van der Waals surface area contributed by atoms with Gasteiger partial charge < -0.3 is 19.3 Å². The molecule has 0 aliphatic carbocycles. The van der Waals surface area contributed by atoms with Crippen molar-refractivity contribution in [2.24, 2.45) is 0 Å². The lowest BCUT2D eigenvalue weighted by atomic mass is 10.2. The fourth-order valence-corrected chi connectivity index (χ4v) is 2.02. The van der Waals surface area contributed by atoms with E-state index in [9.17, 15) is 14.4 Å². The molecule has 0 aromatic rings. The average molecular weight is 286 g/mol. The smallest absolute Gasteiger partial charge is 0.306 e. The van der Waals surface area contributed by atoms with Crippen molar-refractivity contribution in [1.29, 1.82) is 0 Å². The molecule has 1 heterocycles. The van der Waals surface area contributed by atoms with Crippen molar-refractivity contribution in [3.63, 3.8) is 0 Å². The maximum absolute atomic E-state index is 11.9. The third-order valence-electron chi connectivity index (χ3n) is 3.10. The second-order valence-electron chi connectivity index (χ2n) is 4.50. The molecule has 7 heteroatoms. The van der Waals surface area contributed by atoms with E-state index in [1.165, 1.54) is 7.11 Å².